The van der Waals surface area contributed by atoms with Gasteiger partial charge in [0.25, 0.3) is 5.91 Å². The van der Waals surface area contributed by atoms with E-state index in [0.717, 1.165) is 20.4 Å². The number of benzene rings is 3. The fraction of sp³-hybridized carbons (Fsp3) is 0.263. The van der Waals surface area contributed by atoms with Crippen LogP contribution in [0.25, 0.3) is 33.1 Å². The number of morpholine rings is 2. The number of hydrogen-bond acceptors (Lipinski definition) is 13. The molecule has 294 valence electrons. The summed E-state index contributed by atoms with van der Waals surface area (Å²) in [5, 5.41) is 30.3. The maximum absolute atomic E-state index is 13.1. The van der Waals surface area contributed by atoms with Gasteiger partial charge in [0.05, 0.1) is 66.7 Å². The van der Waals surface area contributed by atoms with Crippen molar-refractivity contribution >= 4 is 56.4 Å². The Morgan fingerprint density at radius 2 is 1.23 bits per heavy atom. The van der Waals surface area contributed by atoms with E-state index >= 15 is 0 Å². The van der Waals surface area contributed by atoms with Gasteiger partial charge in [-0.25, -0.2) is 19.2 Å². The number of hydrogen-bond donors (Lipinski definition) is 5. The average Bonchev–Trinajstić information content (AvgIpc) is 3.82. The highest BCUT2D eigenvalue weighted by Crippen LogP contribution is 2.32. The fourth-order valence-electron chi connectivity index (χ4n) is 6.95. The molecule has 0 aliphatic carbocycles. The minimum Gasteiger partial charge on any atom is -0.501 e. The zero-order valence-corrected chi connectivity index (χ0v) is 30.5. The Labute approximate surface area is 320 Å². The van der Waals surface area contributed by atoms with Gasteiger partial charge >= 0.3 is 17.1 Å². The van der Waals surface area contributed by atoms with Crippen molar-refractivity contribution in [3.05, 3.63) is 104 Å². The Hall–Kier alpha value is -6.99. The van der Waals surface area contributed by atoms with Crippen LogP contribution in [-0.4, -0.2) is 111 Å². The predicted octanol–water partition coefficient (Wildman–Crippen LogP) is 2.29. The van der Waals surface area contributed by atoms with Gasteiger partial charge in [-0.1, -0.05) is 24.3 Å². The molecule has 2 aliphatic heterocycles. The summed E-state index contributed by atoms with van der Waals surface area (Å²) in [6.45, 7) is 5.28. The van der Waals surface area contributed by atoms with Crippen LogP contribution in [0.1, 0.15) is 26.5 Å². The van der Waals surface area contributed by atoms with Crippen molar-refractivity contribution < 1.29 is 38.4 Å². The van der Waals surface area contributed by atoms with E-state index in [1.165, 1.54) is 31.4 Å². The largest absolute Gasteiger partial charge is 0.501 e. The monoisotopic (exact) mass is 781 g/mol. The first kappa shape index (κ1) is 37.0. The molecule has 0 radical (unpaired) electrons. The van der Waals surface area contributed by atoms with Crippen LogP contribution in [-0.2, 0) is 20.8 Å². The molecule has 57 heavy (non-hydrogen) atoms. The molecular weight excluding hydrogens is 745 g/mol. The topological polar surface area (TPSA) is 221 Å². The molecule has 3 aromatic carbocycles. The number of halogens is 1. The number of carbonyl (C=O) groups excluding carboxylic acids is 2. The molecule has 0 unspecified atom stereocenters. The molecule has 2 saturated heterocycles. The number of ether oxygens (including phenoxy) is 3. The number of aromatic nitrogens is 6. The van der Waals surface area contributed by atoms with E-state index < -0.39 is 40.2 Å². The van der Waals surface area contributed by atoms with Gasteiger partial charge in [0.1, 0.15) is 5.82 Å². The number of H-pyrrole nitrogens is 2. The van der Waals surface area contributed by atoms with Crippen LogP contribution >= 0.6 is 0 Å². The summed E-state index contributed by atoms with van der Waals surface area (Å²) in [4.78, 5) is 62.7. The van der Waals surface area contributed by atoms with Gasteiger partial charge in [0, 0.05) is 32.7 Å². The van der Waals surface area contributed by atoms with Crippen LogP contribution in [0.4, 0.5) is 15.8 Å². The molecule has 2 aliphatic rings. The molecule has 4 aromatic heterocycles. The number of rotatable bonds is 6. The van der Waals surface area contributed by atoms with Gasteiger partial charge in [0.15, 0.2) is 22.7 Å². The van der Waals surface area contributed by atoms with Crippen LogP contribution in [0.2, 0.25) is 0 Å². The Morgan fingerprint density at radius 3 is 1.72 bits per heavy atom. The van der Waals surface area contributed by atoms with Crippen molar-refractivity contribution in [2.45, 2.75) is 6.54 Å². The molecule has 2 fully saturated rings. The highest BCUT2D eigenvalue weighted by Gasteiger charge is 2.26. The second kappa shape index (κ2) is 15.3. The van der Waals surface area contributed by atoms with E-state index in [-0.39, 0.29) is 29.4 Å². The van der Waals surface area contributed by atoms with Crippen molar-refractivity contribution in [2.24, 2.45) is 0 Å². The Balaban J connectivity index is 0.000000165. The number of amides is 1. The molecule has 9 rings (SSSR count). The maximum atomic E-state index is 13.1. The van der Waals surface area contributed by atoms with Crippen molar-refractivity contribution in [1.82, 2.24) is 34.5 Å². The van der Waals surface area contributed by atoms with Gasteiger partial charge in [-0.15, -0.1) is 0 Å². The number of esters is 1. The van der Waals surface area contributed by atoms with Crippen LogP contribution in [0.15, 0.2) is 70.3 Å². The first-order valence-corrected chi connectivity index (χ1v) is 17.9. The summed E-state index contributed by atoms with van der Waals surface area (Å²) >= 11 is 0. The number of carbonyl (C=O) groups is 2. The van der Waals surface area contributed by atoms with E-state index in [0.29, 0.717) is 80.0 Å². The number of fused-ring (bicyclic) bond motifs is 6. The second-order valence-corrected chi connectivity index (χ2v) is 13.2. The molecule has 0 spiro atoms. The standard InChI is InChI=1S/C22H20FN5O4.C16H16N4O5/c23-14-6-4-13(5-7-14)12-24-21(30)18-19(29)22(31)28-20(25-18)17-15(26-28)2-1-3-16(17)27-8-10-32-11-9-27;1-24-16(23)12-13(21)15(22)20-14(17-12)11-9(18-20)3-2-4-10(11)19-5-7-25-8-6-19/h1-7,26,29H,8-12H2,(H,24,30);2-4,18,21H,5-8H2,1H3. The highest BCUT2D eigenvalue weighted by atomic mass is 19.1. The molecule has 7 aromatic rings. The smallest absolute Gasteiger partial charge is 0.360 e. The molecule has 19 heteroatoms. The molecule has 0 bridgehead atoms. The summed E-state index contributed by atoms with van der Waals surface area (Å²) in [6.07, 6.45) is 0. The van der Waals surface area contributed by atoms with Gasteiger partial charge in [-0.05, 0) is 42.0 Å². The number of aromatic amines is 2. The first-order valence-electron chi connectivity index (χ1n) is 17.9. The number of aromatic hydroxyl groups is 2. The lowest BCUT2D eigenvalue weighted by Gasteiger charge is -2.29. The summed E-state index contributed by atoms with van der Waals surface area (Å²) in [5.41, 5.74) is 1.96. The van der Waals surface area contributed by atoms with Crippen LogP contribution in [0, 0.1) is 5.82 Å². The Bertz CT molecular complexity index is 2780. The molecule has 18 nitrogen and oxygen atoms in total. The number of anilines is 2. The minimum absolute atomic E-state index is 0.0898. The zero-order valence-electron chi connectivity index (χ0n) is 30.5. The lowest BCUT2D eigenvalue weighted by atomic mass is 10.2. The normalized spacial score (nSPS) is 14.6. The van der Waals surface area contributed by atoms with Gasteiger partial charge < -0.3 is 39.5 Å². The third kappa shape index (κ3) is 6.82. The van der Waals surface area contributed by atoms with Crippen molar-refractivity contribution in [3.63, 3.8) is 0 Å². The lowest BCUT2D eigenvalue weighted by molar-refractivity contribution is 0.0590. The van der Waals surface area contributed by atoms with E-state index in [1.807, 2.05) is 30.3 Å². The van der Waals surface area contributed by atoms with Crippen molar-refractivity contribution in [1.29, 1.82) is 0 Å². The van der Waals surface area contributed by atoms with Crippen LogP contribution < -0.4 is 26.2 Å². The number of nitrogens with one attached hydrogen (secondary N) is 3. The second-order valence-electron chi connectivity index (χ2n) is 13.2. The number of nitrogens with zero attached hydrogens (tertiary/aromatic N) is 6. The molecule has 6 heterocycles. The highest BCUT2D eigenvalue weighted by molar-refractivity contribution is 6.05. The third-order valence-corrected chi connectivity index (χ3v) is 9.78. The van der Waals surface area contributed by atoms with E-state index in [1.54, 1.807) is 6.07 Å². The van der Waals surface area contributed by atoms with Gasteiger partial charge in [0.2, 0.25) is 11.5 Å². The SMILES string of the molecule is COC(=O)c1nc2c3c(N4CCOCC4)cccc3[nH]n2c(=O)c1O.O=C(NCc1ccc(F)cc1)c1nc2c3c(N4CCOCC4)cccc3[nH]n2c(=O)c1O. The van der Waals surface area contributed by atoms with E-state index in [2.05, 4.69) is 40.0 Å². The Morgan fingerprint density at radius 1 is 0.754 bits per heavy atom. The molecule has 0 atom stereocenters. The Kier molecular flexibility index (Phi) is 9.90. The van der Waals surface area contributed by atoms with Crippen LogP contribution in [0.5, 0.6) is 11.5 Å². The molecule has 1 amide bonds. The van der Waals surface area contributed by atoms with Gasteiger partial charge in [-0.3, -0.25) is 24.6 Å². The molecular formula is C38H36FN9O9. The zero-order chi connectivity index (χ0) is 39.8. The lowest BCUT2D eigenvalue weighted by Crippen LogP contribution is -2.36. The van der Waals surface area contributed by atoms with Crippen molar-refractivity contribution in [2.75, 3.05) is 69.5 Å². The molecule has 5 N–H and O–H groups in total. The minimum atomic E-state index is -0.865. The summed E-state index contributed by atoms with van der Waals surface area (Å²) in [6, 6.07) is 16.8. The quantitative estimate of drug-likeness (QED) is 0.153. The van der Waals surface area contributed by atoms with E-state index in [9.17, 15) is 33.8 Å². The molecule has 0 saturated carbocycles. The summed E-state index contributed by atoms with van der Waals surface area (Å²) in [7, 11) is 1.17. The maximum Gasteiger partial charge on any atom is 0.360 e. The van der Waals surface area contributed by atoms with Gasteiger partial charge in [-0.2, -0.15) is 9.03 Å². The fourth-order valence-corrected chi connectivity index (χ4v) is 6.95. The third-order valence-electron chi connectivity index (χ3n) is 9.78. The average molecular weight is 782 g/mol. The van der Waals surface area contributed by atoms with Crippen molar-refractivity contribution in [3.8, 4) is 11.5 Å². The van der Waals surface area contributed by atoms with Crippen LogP contribution in [0.3, 0.4) is 0 Å². The van der Waals surface area contributed by atoms with E-state index in [4.69, 9.17) is 9.47 Å². The number of methoxy groups -OCH3 is 1. The summed E-state index contributed by atoms with van der Waals surface area (Å²) < 4.78 is 30.8. The first-order chi connectivity index (χ1) is 27.6. The predicted molar refractivity (Wildman–Crippen MR) is 205 cm³/mol. The summed E-state index contributed by atoms with van der Waals surface area (Å²) in [5.74, 6) is -3.45.